The number of nitrogens with one attached hydrogen (secondary N) is 2. The molecule has 3 aromatic carbocycles. The van der Waals surface area contributed by atoms with Gasteiger partial charge < -0.3 is 10.6 Å². The first-order valence-corrected chi connectivity index (χ1v) is 9.77. The second-order valence-electron chi connectivity index (χ2n) is 6.77. The molecule has 1 aliphatic rings. The Kier molecular flexibility index (Phi) is 5.69. The molecule has 0 aromatic heterocycles. The predicted molar refractivity (Wildman–Crippen MR) is 112 cm³/mol. The van der Waals surface area contributed by atoms with Crippen LogP contribution in [-0.2, 0) is 6.54 Å². The largest absolute Gasteiger partial charge is 0.347 e. The van der Waals surface area contributed by atoms with Gasteiger partial charge >= 0.3 is 0 Å². The van der Waals surface area contributed by atoms with Crippen LogP contribution in [0.3, 0.4) is 0 Å². The van der Waals surface area contributed by atoms with Gasteiger partial charge in [-0.2, -0.15) is 0 Å². The number of aliphatic imine (C=N–C) groups is 1. The van der Waals surface area contributed by atoms with Crippen LogP contribution in [0.2, 0.25) is 10.0 Å². The van der Waals surface area contributed by atoms with Gasteiger partial charge in [0.15, 0.2) is 17.6 Å². The first-order chi connectivity index (χ1) is 14.0. The predicted octanol–water partition coefficient (Wildman–Crippen LogP) is 5.80. The van der Waals surface area contributed by atoms with Gasteiger partial charge in [-0.3, -0.25) is 0 Å². The van der Waals surface area contributed by atoms with Crippen LogP contribution in [0.15, 0.2) is 71.7 Å². The van der Waals surface area contributed by atoms with Gasteiger partial charge in [0, 0.05) is 10.0 Å². The summed E-state index contributed by atoms with van der Waals surface area (Å²) in [6.07, 6.45) is 0. The van der Waals surface area contributed by atoms with E-state index in [0.717, 1.165) is 23.3 Å². The van der Waals surface area contributed by atoms with Gasteiger partial charge in [-0.15, -0.1) is 0 Å². The van der Waals surface area contributed by atoms with Crippen molar-refractivity contribution in [2.24, 2.45) is 4.99 Å². The lowest BCUT2D eigenvalue weighted by atomic mass is 9.95. The molecule has 0 amide bonds. The summed E-state index contributed by atoms with van der Waals surface area (Å²) in [4.78, 5) is 4.50. The third kappa shape index (κ3) is 4.52. The normalized spacial score (nSPS) is 18.3. The smallest absolute Gasteiger partial charge is 0.192 e. The maximum absolute atomic E-state index is 13.4. The van der Waals surface area contributed by atoms with E-state index in [9.17, 15) is 8.78 Å². The van der Waals surface area contributed by atoms with Crippen LogP contribution in [0.1, 0.15) is 28.8 Å². The van der Waals surface area contributed by atoms with Crippen molar-refractivity contribution in [1.29, 1.82) is 0 Å². The molecule has 148 valence electrons. The molecule has 0 radical (unpaired) electrons. The monoisotopic (exact) mass is 431 g/mol. The lowest BCUT2D eigenvalue weighted by Crippen LogP contribution is -2.25. The van der Waals surface area contributed by atoms with Crippen LogP contribution in [0.5, 0.6) is 0 Å². The van der Waals surface area contributed by atoms with E-state index in [1.165, 1.54) is 6.07 Å². The maximum atomic E-state index is 13.4. The average molecular weight is 432 g/mol. The number of rotatable bonds is 4. The molecule has 3 aromatic rings. The first kappa shape index (κ1) is 19.7. The van der Waals surface area contributed by atoms with Crippen LogP contribution in [-0.4, -0.2) is 5.96 Å². The van der Waals surface area contributed by atoms with Crippen molar-refractivity contribution in [2.75, 3.05) is 0 Å². The Bertz CT molecular complexity index is 1020. The Balaban J connectivity index is 1.63. The maximum Gasteiger partial charge on any atom is 0.192 e. The van der Waals surface area contributed by atoms with Gasteiger partial charge in [-0.1, -0.05) is 53.5 Å². The topological polar surface area (TPSA) is 36.4 Å². The Morgan fingerprint density at radius 2 is 1.34 bits per heavy atom. The van der Waals surface area contributed by atoms with Crippen molar-refractivity contribution in [3.63, 3.8) is 0 Å². The number of guanidine groups is 1. The average Bonchev–Trinajstić information content (AvgIpc) is 3.13. The van der Waals surface area contributed by atoms with Crippen LogP contribution in [0.4, 0.5) is 8.78 Å². The number of halogens is 4. The van der Waals surface area contributed by atoms with Gasteiger partial charge in [0.05, 0.1) is 18.6 Å². The zero-order valence-corrected chi connectivity index (χ0v) is 16.7. The second kappa shape index (κ2) is 8.39. The van der Waals surface area contributed by atoms with Crippen LogP contribution >= 0.6 is 23.2 Å². The highest BCUT2D eigenvalue weighted by atomic mass is 35.5. The summed E-state index contributed by atoms with van der Waals surface area (Å²) in [6.45, 7) is 0.205. The summed E-state index contributed by atoms with van der Waals surface area (Å²) in [6, 6.07) is 18.7. The van der Waals surface area contributed by atoms with Crippen molar-refractivity contribution in [3.8, 4) is 0 Å². The number of benzene rings is 3. The van der Waals surface area contributed by atoms with Crippen molar-refractivity contribution >= 4 is 29.2 Å². The van der Waals surface area contributed by atoms with Crippen molar-refractivity contribution in [3.05, 3.63) is 105 Å². The molecule has 2 unspecified atom stereocenters. The van der Waals surface area contributed by atoms with E-state index in [4.69, 9.17) is 23.2 Å². The number of hydrogen-bond donors (Lipinski definition) is 2. The summed E-state index contributed by atoms with van der Waals surface area (Å²) < 4.78 is 26.6. The van der Waals surface area contributed by atoms with Crippen molar-refractivity contribution in [2.45, 2.75) is 18.6 Å². The highest BCUT2D eigenvalue weighted by molar-refractivity contribution is 6.30. The lowest BCUT2D eigenvalue weighted by molar-refractivity contribution is 0.507. The van der Waals surface area contributed by atoms with Gasteiger partial charge in [0.2, 0.25) is 0 Å². The molecule has 2 N–H and O–H groups in total. The minimum absolute atomic E-state index is 0.129. The van der Waals surface area contributed by atoms with Crippen molar-refractivity contribution < 1.29 is 8.78 Å². The molecule has 2 atom stereocenters. The summed E-state index contributed by atoms with van der Waals surface area (Å²) in [5, 5.41) is 8.02. The molecule has 0 spiro atoms. The molecule has 7 heteroatoms. The molecule has 1 heterocycles. The Morgan fingerprint density at radius 1 is 0.759 bits per heavy atom. The second-order valence-corrected chi connectivity index (χ2v) is 7.64. The highest BCUT2D eigenvalue weighted by Gasteiger charge is 2.33. The lowest BCUT2D eigenvalue weighted by Gasteiger charge is -2.20. The Labute approximate surface area is 177 Å². The van der Waals surface area contributed by atoms with E-state index in [2.05, 4.69) is 15.6 Å². The molecule has 1 aliphatic heterocycles. The number of hydrogen-bond acceptors (Lipinski definition) is 1. The van der Waals surface area contributed by atoms with Gasteiger partial charge in [-0.25, -0.2) is 13.8 Å². The Hall–Kier alpha value is -2.63. The third-order valence-corrected chi connectivity index (χ3v) is 5.21. The summed E-state index contributed by atoms with van der Waals surface area (Å²) >= 11 is 12.4. The molecule has 4 rings (SSSR count). The summed E-state index contributed by atoms with van der Waals surface area (Å²) in [5.74, 6) is -1.20. The summed E-state index contributed by atoms with van der Waals surface area (Å²) in [5.41, 5.74) is 2.56. The molecule has 0 bridgehead atoms. The molecular weight excluding hydrogens is 415 g/mol. The van der Waals surface area contributed by atoms with Crippen LogP contribution < -0.4 is 10.6 Å². The van der Waals surface area contributed by atoms with Gasteiger partial charge in [0.25, 0.3) is 0 Å². The SMILES string of the molecule is Fc1ccc(CN=C2NC(c3cccc(Cl)c3)C(c3cccc(Cl)c3)N2)cc1F. The molecule has 1 fully saturated rings. The Morgan fingerprint density at radius 3 is 1.86 bits per heavy atom. The number of nitrogens with zero attached hydrogens (tertiary/aromatic N) is 1. The zero-order valence-electron chi connectivity index (χ0n) is 15.2. The standard InChI is InChI=1S/C22H17Cl2F2N3/c23-16-5-1-3-14(10-16)20-21(15-4-2-6-17(24)11-15)29-22(28-20)27-12-13-7-8-18(25)19(26)9-13/h1-11,20-21H,12H2,(H2,27,28,29). The fourth-order valence-electron chi connectivity index (χ4n) is 3.35. The minimum atomic E-state index is -0.886. The summed E-state index contributed by atoms with van der Waals surface area (Å²) in [7, 11) is 0. The van der Waals surface area contributed by atoms with E-state index in [1.807, 2.05) is 48.5 Å². The zero-order chi connectivity index (χ0) is 20.4. The fourth-order valence-corrected chi connectivity index (χ4v) is 3.75. The van der Waals surface area contributed by atoms with Crippen LogP contribution in [0, 0.1) is 11.6 Å². The first-order valence-electron chi connectivity index (χ1n) is 9.02. The van der Waals surface area contributed by atoms with E-state index < -0.39 is 11.6 Å². The third-order valence-electron chi connectivity index (χ3n) is 4.74. The fraction of sp³-hybridized carbons (Fsp3) is 0.136. The van der Waals surface area contributed by atoms with E-state index in [1.54, 1.807) is 0 Å². The van der Waals surface area contributed by atoms with E-state index >= 15 is 0 Å². The van der Waals surface area contributed by atoms with Gasteiger partial charge in [-0.05, 0) is 53.1 Å². The molecule has 0 aliphatic carbocycles. The van der Waals surface area contributed by atoms with Crippen molar-refractivity contribution in [1.82, 2.24) is 10.6 Å². The molecule has 29 heavy (non-hydrogen) atoms. The minimum Gasteiger partial charge on any atom is -0.347 e. The van der Waals surface area contributed by atoms with Crippen LogP contribution in [0.25, 0.3) is 0 Å². The van der Waals surface area contributed by atoms with E-state index in [-0.39, 0.29) is 18.6 Å². The highest BCUT2D eigenvalue weighted by Crippen LogP contribution is 2.34. The molecule has 0 saturated carbocycles. The molecule has 1 saturated heterocycles. The van der Waals surface area contributed by atoms with E-state index in [0.29, 0.717) is 21.6 Å². The quantitative estimate of drug-likeness (QED) is 0.547. The molecule has 3 nitrogen and oxygen atoms in total. The van der Waals surface area contributed by atoms with Gasteiger partial charge in [0.1, 0.15) is 0 Å². The molecular formula is C22H17Cl2F2N3.